The van der Waals surface area contributed by atoms with E-state index in [1.54, 1.807) is 0 Å². The largest absolute Gasteiger partial charge is 0.389 e. The fourth-order valence-corrected chi connectivity index (χ4v) is 1.86. The van der Waals surface area contributed by atoms with Crippen LogP contribution < -0.4 is 5.32 Å². The van der Waals surface area contributed by atoms with E-state index in [1.807, 2.05) is 11.8 Å². The Morgan fingerprint density at radius 3 is 2.75 bits per heavy atom. The molecule has 0 atom stereocenters. The molecule has 0 unspecified atom stereocenters. The second-order valence-corrected chi connectivity index (χ2v) is 4.59. The topological polar surface area (TPSA) is 32.3 Å². The Kier molecular flexibility index (Phi) is 4.40. The molecule has 72 valence electrons. The first kappa shape index (κ1) is 10.4. The summed E-state index contributed by atoms with van der Waals surface area (Å²) in [5.41, 5.74) is -0.348. The maximum absolute atomic E-state index is 9.70. The van der Waals surface area contributed by atoms with Gasteiger partial charge in [0.05, 0.1) is 5.60 Å². The molecule has 1 aliphatic rings. The van der Waals surface area contributed by atoms with Crippen LogP contribution in [0.1, 0.15) is 25.7 Å². The Bertz CT molecular complexity index is 126. The molecule has 0 aromatic carbocycles. The number of rotatable bonds is 6. The Labute approximate surface area is 79.1 Å². The van der Waals surface area contributed by atoms with E-state index >= 15 is 0 Å². The fraction of sp³-hybridized carbons (Fsp3) is 1.00. The van der Waals surface area contributed by atoms with E-state index in [4.69, 9.17) is 0 Å². The van der Waals surface area contributed by atoms with Gasteiger partial charge in [-0.15, -0.1) is 0 Å². The van der Waals surface area contributed by atoms with Crippen molar-refractivity contribution in [3.63, 3.8) is 0 Å². The normalized spacial score (nSPS) is 20.5. The monoisotopic (exact) mass is 189 g/mol. The zero-order valence-electron chi connectivity index (χ0n) is 7.81. The molecule has 0 aromatic rings. The third-order valence-corrected chi connectivity index (χ3v) is 3.14. The molecule has 1 aliphatic carbocycles. The minimum absolute atomic E-state index is 0.348. The van der Waals surface area contributed by atoms with Gasteiger partial charge >= 0.3 is 0 Å². The molecule has 1 saturated carbocycles. The summed E-state index contributed by atoms with van der Waals surface area (Å²) in [6.07, 6.45) is 6.50. The van der Waals surface area contributed by atoms with Crippen LogP contribution in [-0.4, -0.2) is 35.8 Å². The van der Waals surface area contributed by atoms with Crippen LogP contribution in [0.15, 0.2) is 0 Å². The second kappa shape index (κ2) is 5.10. The first-order chi connectivity index (χ1) is 5.77. The third-order valence-electron chi connectivity index (χ3n) is 2.44. The highest BCUT2D eigenvalue weighted by molar-refractivity contribution is 7.98. The minimum Gasteiger partial charge on any atom is -0.389 e. The highest BCUT2D eigenvalue weighted by atomic mass is 32.2. The number of nitrogens with one attached hydrogen (secondary N) is 1. The molecule has 0 aliphatic heterocycles. The van der Waals surface area contributed by atoms with Crippen molar-refractivity contribution in [2.45, 2.75) is 31.3 Å². The van der Waals surface area contributed by atoms with E-state index in [2.05, 4.69) is 11.6 Å². The molecule has 1 rings (SSSR count). The standard InChI is InChI=1S/C9H19NOS/c1-12-7-3-6-10-8-9(11)4-2-5-9/h10-11H,2-8H2,1H3. The third kappa shape index (κ3) is 3.33. The lowest BCUT2D eigenvalue weighted by Gasteiger charge is -2.36. The summed E-state index contributed by atoms with van der Waals surface area (Å²) in [7, 11) is 0. The predicted octanol–water partition coefficient (Wildman–Crippen LogP) is 1.24. The van der Waals surface area contributed by atoms with Crippen molar-refractivity contribution < 1.29 is 5.11 Å². The van der Waals surface area contributed by atoms with E-state index in [1.165, 1.54) is 18.6 Å². The molecule has 0 radical (unpaired) electrons. The lowest BCUT2D eigenvalue weighted by molar-refractivity contribution is -0.0310. The van der Waals surface area contributed by atoms with Gasteiger partial charge in [-0.3, -0.25) is 0 Å². The van der Waals surface area contributed by atoms with Gasteiger partial charge in [0.1, 0.15) is 0 Å². The van der Waals surface area contributed by atoms with Crippen molar-refractivity contribution in [3.05, 3.63) is 0 Å². The maximum Gasteiger partial charge on any atom is 0.0771 e. The van der Waals surface area contributed by atoms with Crippen LogP contribution in [0.25, 0.3) is 0 Å². The van der Waals surface area contributed by atoms with E-state index in [0.29, 0.717) is 0 Å². The molecule has 0 spiro atoms. The van der Waals surface area contributed by atoms with Gasteiger partial charge < -0.3 is 10.4 Å². The summed E-state index contributed by atoms with van der Waals surface area (Å²) in [6.45, 7) is 1.84. The van der Waals surface area contributed by atoms with Crippen LogP contribution in [0.2, 0.25) is 0 Å². The van der Waals surface area contributed by atoms with Crippen molar-refractivity contribution in [1.29, 1.82) is 0 Å². The second-order valence-electron chi connectivity index (χ2n) is 3.60. The number of aliphatic hydroxyl groups is 1. The maximum atomic E-state index is 9.70. The van der Waals surface area contributed by atoms with E-state index in [9.17, 15) is 5.11 Å². The SMILES string of the molecule is CSCCCNCC1(O)CCC1. The molecule has 3 heteroatoms. The van der Waals surface area contributed by atoms with Crippen molar-refractivity contribution in [1.82, 2.24) is 5.32 Å². The van der Waals surface area contributed by atoms with Crippen LogP contribution in [0.3, 0.4) is 0 Å². The van der Waals surface area contributed by atoms with Gasteiger partial charge in [0.25, 0.3) is 0 Å². The minimum atomic E-state index is -0.348. The van der Waals surface area contributed by atoms with Gasteiger partial charge in [0.2, 0.25) is 0 Å². The van der Waals surface area contributed by atoms with Gasteiger partial charge in [0, 0.05) is 6.54 Å². The fourth-order valence-electron chi connectivity index (χ4n) is 1.42. The Balaban J connectivity index is 1.88. The zero-order valence-corrected chi connectivity index (χ0v) is 8.62. The van der Waals surface area contributed by atoms with Crippen molar-refractivity contribution in [3.8, 4) is 0 Å². The molecular weight excluding hydrogens is 170 g/mol. The molecular formula is C9H19NOS. The van der Waals surface area contributed by atoms with Crippen LogP contribution in [0.5, 0.6) is 0 Å². The average Bonchev–Trinajstić information content (AvgIpc) is 2.01. The zero-order chi connectivity index (χ0) is 8.86. The molecule has 0 amide bonds. The van der Waals surface area contributed by atoms with Crippen molar-refractivity contribution in [2.24, 2.45) is 0 Å². The van der Waals surface area contributed by atoms with Crippen molar-refractivity contribution >= 4 is 11.8 Å². The van der Waals surface area contributed by atoms with Gasteiger partial charge in [-0.2, -0.15) is 11.8 Å². The van der Waals surface area contributed by atoms with Crippen LogP contribution in [-0.2, 0) is 0 Å². The van der Waals surface area contributed by atoms with E-state index in [-0.39, 0.29) is 5.60 Å². The molecule has 0 aromatic heterocycles. The van der Waals surface area contributed by atoms with E-state index < -0.39 is 0 Å². The summed E-state index contributed by atoms with van der Waals surface area (Å²) in [4.78, 5) is 0. The van der Waals surface area contributed by atoms with Crippen LogP contribution in [0, 0.1) is 0 Å². The summed E-state index contributed by atoms with van der Waals surface area (Å²) < 4.78 is 0. The Morgan fingerprint density at radius 1 is 1.50 bits per heavy atom. The Morgan fingerprint density at radius 2 is 2.25 bits per heavy atom. The lowest BCUT2D eigenvalue weighted by atomic mass is 9.80. The first-order valence-corrected chi connectivity index (χ1v) is 6.08. The van der Waals surface area contributed by atoms with Crippen LogP contribution >= 0.6 is 11.8 Å². The predicted molar refractivity (Wildman–Crippen MR) is 54.7 cm³/mol. The van der Waals surface area contributed by atoms with Gasteiger partial charge in [-0.25, -0.2) is 0 Å². The number of hydrogen-bond acceptors (Lipinski definition) is 3. The molecule has 12 heavy (non-hydrogen) atoms. The average molecular weight is 189 g/mol. The van der Waals surface area contributed by atoms with Crippen molar-refractivity contribution in [2.75, 3.05) is 25.1 Å². The summed E-state index contributed by atoms with van der Waals surface area (Å²) in [5.74, 6) is 1.21. The molecule has 2 N–H and O–H groups in total. The van der Waals surface area contributed by atoms with Gasteiger partial charge in [-0.1, -0.05) is 0 Å². The summed E-state index contributed by atoms with van der Waals surface area (Å²) in [5, 5.41) is 13.0. The molecule has 0 heterocycles. The highest BCUT2D eigenvalue weighted by Gasteiger charge is 2.33. The number of thioether (sulfide) groups is 1. The summed E-state index contributed by atoms with van der Waals surface area (Å²) >= 11 is 1.88. The molecule has 1 fully saturated rings. The van der Waals surface area contributed by atoms with Gasteiger partial charge in [0.15, 0.2) is 0 Å². The molecule has 0 saturated heterocycles. The molecule has 0 bridgehead atoms. The summed E-state index contributed by atoms with van der Waals surface area (Å²) in [6, 6.07) is 0. The highest BCUT2D eigenvalue weighted by Crippen LogP contribution is 2.30. The quantitative estimate of drug-likeness (QED) is 0.617. The lowest BCUT2D eigenvalue weighted by Crippen LogP contribution is -2.46. The number of hydrogen-bond donors (Lipinski definition) is 2. The Hall–Kier alpha value is 0.270. The van der Waals surface area contributed by atoms with Gasteiger partial charge in [-0.05, 0) is 44.2 Å². The smallest absolute Gasteiger partial charge is 0.0771 e. The van der Waals surface area contributed by atoms with Crippen LogP contribution in [0.4, 0.5) is 0 Å². The van der Waals surface area contributed by atoms with E-state index in [0.717, 1.165) is 25.9 Å². The first-order valence-electron chi connectivity index (χ1n) is 4.69. The molecule has 2 nitrogen and oxygen atoms in total.